The number of carbonyl (C=O) groups is 2. The van der Waals surface area contributed by atoms with Gasteiger partial charge in [0, 0.05) is 30.0 Å². The molecule has 4 aromatic rings. The van der Waals surface area contributed by atoms with Crippen LogP contribution in [0.2, 0.25) is 0 Å². The van der Waals surface area contributed by atoms with Crippen molar-refractivity contribution in [3.63, 3.8) is 0 Å². The molecule has 0 atom stereocenters. The number of benzene rings is 4. The molecule has 0 saturated carbocycles. The number of anilines is 2. The number of Topliss-reactive ketones (excluding diaryl/α,β-unsaturated/α-hetero) is 1. The van der Waals surface area contributed by atoms with E-state index in [9.17, 15) is 9.59 Å². The van der Waals surface area contributed by atoms with Crippen LogP contribution in [-0.4, -0.2) is 16.9 Å². The third-order valence-corrected chi connectivity index (χ3v) is 5.10. The smallest absolute Gasteiger partial charge is 0.335 e. The molecule has 3 N–H and O–H groups in total. The second-order valence-electron chi connectivity index (χ2n) is 7.69. The molecular formula is C29H28N2O3. The second-order valence-corrected chi connectivity index (χ2v) is 7.69. The van der Waals surface area contributed by atoms with E-state index in [1.165, 1.54) is 5.56 Å². The van der Waals surface area contributed by atoms with Gasteiger partial charge in [-0.15, -0.1) is 0 Å². The predicted octanol–water partition coefficient (Wildman–Crippen LogP) is 6.50. The molecule has 172 valence electrons. The Balaban J connectivity index is 0.000000191. The minimum absolute atomic E-state index is 0.104. The van der Waals surface area contributed by atoms with Gasteiger partial charge in [0.25, 0.3) is 0 Å². The minimum Gasteiger partial charge on any atom is -0.478 e. The fourth-order valence-electron chi connectivity index (χ4n) is 3.14. The topological polar surface area (TPSA) is 78.4 Å². The molecule has 0 saturated heterocycles. The number of ketones is 1. The van der Waals surface area contributed by atoms with Crippen LogP contribution in [0, 0.1) is 0 Å². The average Bonchev–Trinajstić information content (AvgIpc) is 2.88. The number of hydrogen-bond acceptors (Lipinski definition) is 4. The lowest BCUT2D eigenvalue weighted by atomic mass is 10.1. The van der Waals surface area contributed by atoms with E-state index in [0.717, 1.165) is 29.0 Å². The first-order valence-electron chi connectivity index (χ1n) is 11.0. The maximum atomic E-state index is 11.1. The Bertz CT molecular complexity index is 1080. The fraction of sp³-hybridized carbons (Fsp3) is 0.103. The quantitative estimate of drug-likeness (QED) is 0.266. The van der Waals surface area contributed by atoms with Crippen LogP contribution in [0.4, 0.5) is 11.4 Å². The summed E-state index contributed by atoms with van der Waals surface area (Å²) in [7, 11) is 0. The van der Waals surface area contributed by atoms with E-state index in [0.29, 0.717) is 12.1 Å². The summed E-state index contributed by atoms with van der Waals surface area (Å²) in [6.45, 7) is 3.03. The minimum atomic E-state index is -0.896. The van der Waals surface area contributed by atoms with Gasteiger partial charge in [-0.3, -0.25) is 4.79 Å². The lowest BCUT2D eigenvalue weighted by Gasteiger charge is -2.06. The number of rotatable bonds is 8. The molecule has 0 aromatic heterocycles. The Morgan fingerprint density at radius 2 is 0.971 bits per heavy atom. The molecule has 34 heavy (non-hydrogen) atoms. The van der Waals surface area contributed by atoms with Crippen molar-refractivity contribution in [1.29, 1.82) is 0 Å². The van der Waals surface area contributed by atoms with Gasteiger partial charge in [0.15, 0.2) is 5.78 Å². The molecule has 5 nitrogen and oxygen atoms in total. The molecule has 0 bridgehead atoms. The van der Waals surface area contributed by atoms with E-state index >= 15 is 0 Å². The van der Waals surface area contributed by atoms with Gasteiger partial charge in [-0.2, -0.15) is 0 Å². The van der Waals surface area contributed by atoms with Crippen LogP contribution >= 0.6 is 0 Å². The molecule has 4 aromatic carbocycles. The summed E-state index contributed by atoms with van der Waals surface area (Å²) in [5.74, 6) is -0.792. The van der Waals surface area contributed by atoms with Gasteiger partial charge in [0.05, 0.1) is 5.56 Å². The number of hydrogen-bond donors (Lipinski definition) is 3. The van der Waals surface area contributed by atoms with Crippen molar-refractivity contribution in [2.45, 2.75) is 20.0 Å². The van der Waals surface area contributed by atoms with Gasteiger partial charge >= 0.3 is 5.97 Å². The lowest BCUT2D eigenvalue weighted by molar-refractivity contribution is 0.0696. The van der Waals surface area contributed by atoms with Crippen LogP contribution in [0.3, 0.4) is 0 Å². The van der Waals surface area contributed by atoms with Gasteiger partial charge in [-0.05, 0) is 54.4 Å². The maximum Gasteiger partial charge on any atom is 0.335 e. The Labute approximate surface area is 200 Å². The molecule has 0 aliphatic carbocycles. The number of nitrogens with one attached hydrogen (secondary N) is 2. The molecule has 0 aliphatic rings. The van der Waals surface area contributed by atoms with E-state index in [2.05, 4.69) is 10.6 Å². The van der Waals surface area contributed by atoms with Gasteiger partial charge in [-0.25, -0.2) is 4.79 Å². The van der Waals surface area contributed by atoms with E-state index in [1.54, 1.807) is 19.1 Å². The van der Waals surface area contributed by atoms with E-state index in [-0.39, 0.29) is 5.78 Å². The zero-order valence-electron chi connectivity index (χ0n) is 19.1. The highest BCUT2D eigenvalue weighted by Gasteiger charge is 2.01. The largest absolute Gasteiger partial charge is 0.478 e. The van der Waals surface area contributed by atoms with Gasteiger partial charge in [-0.1, -0.05) is 72.8 Å². The van der Waals surface area contributed by atoms with Crippen LogP contribution in [-0.2, 0) is 13.1 Å². The highest BCUT2D eigenvalue weighted by atomic mass is 16.4. The highest BCUT2D eigenvalue weighted by molar-refractivity contribution is 5.94. The van der Waals surface area contributed by atoms with Gasteiger partial charge in [0.2, 0.25) is 0 Å². The zero-order chi connectivity index (χ0) is 24.2. The van der Waals surface area contributed by atoms with Crippen molar-refractivity contribution < 1.29 is 14.7 Å². The highest BCUT2D eigenvalue weighted by Crippen LogP contribution is 2.11. The number of carbonyl (C=O) groups excluding carboxylic acids is 1. The van der Waals surface area contributed by atoms with Crippen LogP contribution in [0.25, 0.3) is 0 Å². The molecule has 0 amide bonds. The molecule has 4 rings (SSSR count). The SMILES string of the molecule is CC(=O)c1ccc(CNc2ccccc2)cc1.O=C(O)c1ccc(CNc2ccccc2)cc1. The maximum absolute atomic E-state index is 11.1. The summed E-state index contributed by atoms with van der Waals surface area (Å²) in [6.07, 6.45) is 0. The molecular weight excluding hydrogens is 424 g/mol. The normalized spacial score (nSPS) is 9.91. The third kappa shape index (κ3) is 7.95. The van der Waals surface area contributed by atoms with Crippen molar-refractivity contribution in [2.75, 3.05) is 10.6 Å². The molecule has 5 heteroatoms. The van der Waals surface area contributed by atoms with Gasteiger partial charge in [0.1, 0.15) is 0 Å². The monoisotopic (exact) mass is 452 g/mol. The summed E-state index contributed by atoms with van der Waals surface area (Å²) in [5.41, 5.74) is 5.44. The Morgan fingerprint density at radius 1 is 0.588 bits per heavy atom. The van der Waals surface area contributed by atoms with Crippen LogP contribution < -0.4 is 10.6 Å². The summed E-state index contributed by atoms with van der Waals surface area (Å²) in [4.78, 5) is 21.8. The van der Waals surface area contributed by atoms with Crippen LogP contribution in [0.1, 0.15) is 38.8 Å². The molecule has 0 heterocycles. The van der Waals surface area contributed by atoms with Gasteiger partial charge < -0.3 is 15.7 Å². The third-order valence-electron chi connectivity index (χ3n) is 5.10. The molecule has 0 fully saturated rings. The van der Waals surface area contributed by atoms with E-state index in [4.69, 9.17) is 5.11 Å². The standard InChI is InChI=1S/C15H15NO.C14H13NO2/c1-12(17)14-9-7-13(8-10-14)11-16-15-5-3-2-4-6-15;16-14(17)12-8-6-11(7-9-12)10-15-13-4-2-1-3-5-13/h2-10,16H,11H2,1H3;1-9,15H,10H2,(H,16,17). The van der Waals surface area contributed by atoms with Crippen molar-refractivity contribution in [3.8, 4) is 0 Å². The van der Waals surface area contributed by atoms with Crippen LogP contribution in [0.15, 0.2) is 109 Å². The summed E-state index contributed by atoms with van der Waals surface area (Å²) in [6, 6.07) is 34.5. The Kier molecular flexibility index (Phi) is 9.00. The first-order chi connectivity index (χ1) is 16.5. The first kappa shape index (κ1) is 24.3. The predicted molar refractivity (Wildman–Crippen MR) is 137 cm³/mol. The van der Waals surface area contributed by atoms with Crippen molar-refractivity contribution in [1.82, 2.24) is 0 Å². The molecule has 0 unspecified atom stereocenters. The number of carboxylic acid groups (broad SMARTS) is 1. The average molecular weight is 453 g/mol. The number of aromatic carboxylic acids is 1. The first-order valence-corrected chi connectivity index (χ1v) is 11.0. The summed E-state index contributed by atoms with van der Waals surface area (Å²) in [5, 5.41) is 15.4. The summed E-state index contributed by atoms with van der Waals surface area (Å²) < 4.78 is 0. The summed E-state index contributed by atoms with van der Waals surface area (Å²) >= 11 is 0. The van der Waals surface area contributed by atoms with E-state index in [1.807, 2.05) is 97.1 Å². The number of carboxylic acids is 1. The zero-order valence-corrected chi connectivity index (χ0v) is 19.1. The van der Waals surface area contributed by atoms with E-state index < -0.39 is 5.97 Å². The fourth-order valence-corrected chi connectivity index (χ4v) is 3.14. The lowest BCUT2D eigenvalue weighted by Crippen LogP contribution is -2.00. The number of para-hydroxylation sites is 2. The second kappa shape index (κ2) is 12.6. The Morgan fingerprint density at radius 3 is 1.32 bits per heavy atom. The van der Waals surface area contributed by atoms with Crippen molar-refractivity contribution in [3.05, 3.63) is 131 Å². The van der Waals surface area contributed by atoms with Crippen LogP contribution in [0.5, 0.6) is 0 Å². The Hall–Kier alpha value is -4.38. The van der Waals surface area contributed by atoms with Crippen molar-refractivity contribution in [2.24, 2.45) is 0 Å². The molecule has 0 aliphatic heterocycles. The molecule has 0 spiro atoms. The molecule has 0 radical (unpaired) electrons. The van der Waals surface area contributed by atoms with Crippen molar-refractivity contribution >= 4 is 23.1 Å².